The second kappa shape index (κ2) is 6.82. The molecule has 33 heavy (non-hydrogen) atoms. The smallest absolute Gasteiger partial charge is 0.247 e. The van der Waals surface area contributed by atoms with Gasteiger partial charge >= 0.3 is 0 Å². The summed E-state index contributed by atoms with van der Waals surface area (Å²) in [5.41, 5.74) is 9.29. The average Bonchev–Trinajstić information content (AvgIpc) is 2.97. The average molecular weight is 439 g/mol. The van der Waals surface area contributed by atoms with Gasteiger partial charge in [-0.2, -0.15) is 5.26 Å². The van der Waals surface area contributed by atoms with E-state index in [9.17, 15) is 14.9 Å². The second-order valence-electron chi connectivity index (χ2n) is 9.94. The Bertz CT molecular complexity index is 1330. The minimum absolute atomic E-state index is 0.108. The number of nitrogens with zero attached hydrogens (tertiary/aromatic N) is 3. The van der Waals surface area contributed by atoms with E-state index < -0.39 is 5.41 Å². The standard InChI is InChI=1S/C27H26N4O2/c1-16-9-11-17(12-10-16)31-21-13-26(2,3)14-22(32)23(21)27(19(15-28)24(31)29)18-7-5-6-8-20(18)30(4)25(27)33/h5-12H,13-14,29H2,1-4H3. The number of fused-ring (bicyclic) bond motifs is 3. The predicted octanol–water partition coefficient (Wildman–Crippen LogP) is 4.07. The van der Waals surface area contributed by atoms with E-state index in [2.05, 4.69) is 6.07 Å². The summed E-state index contributed by atoms with van der Waals surface area (Å²) >= 11 is 0. The van der Waals surface area contributed by atoms with Crippen LogP contribution in [0.15, 0.2) is 71.2 Å². The molecule has 1 unspecified atom stereocenters. The van der Waals surface area contributed by atoms with Crippen LogP contribution in [0.2, 0.25) is 0 Å². The molecule has 0 bridgehead atoms. The van der Waals surface area contributed by atoms with E-state index >= 15 is 0 Å². The third-order valence-electron chi connectivity index (χ3n) is 7.07. The number of benzene rings is 2. The van der Waals surface area contributed by atoms with Gasteiger partial charge in [0.25, 0.3) is 0 Å². The van der Waals surface area contributed by atoms with E-state index in [-0.39, 0.29) is 28.5 Å². The largest absolute Gasteiger partial charge is 0.384 e. The predicted molar refractivity (Wildman–Crippen MR) is 127 cm³/mol. The van der Waals surface area contributed by atoms with E-state index in [4.69, 9.17) is 5.73 Å². The Labute approximate surface area is 193 Å². The molecule has 166 valence electrons. The molecular formula is C27H26N4O2. The molecule has 2 heterocycles. The van der Waals surface area contributed by atoms with Crippen molar-refractivity contribution in [1.29, 1.82) is 5.26 Å². The van der Waals surface area contributed by atoms with Crippen molar-refractivity contribution < 1.29 is 9.59 Å². The topological polar surface area (TPSA) is 90.4 Å². The van der Waals surface area contributed by atoms with Crippen molar-refractivity contribution in [2.75, 3.05) is 16.8 Å². The summed E-state index contributed by atoms with van der Waals surface area (Å²) < 4.78 is 0. The van der Waals surface area contributed by atoms with Gasteiger partial charge in [-0.15, -0.1) is 0 Å². The van der Waals surface area contributed by atoms with Crippen molar-refractivity contribution in [1.82, 2.24) is 0 Å². The van der Waals surface area contributed by atoms with Crippen molar-refractivity contribution in [3.63, 3.8) is 0 Å². The molecule has 2 aromatic rings. The van der Waals surface area contributed by atoms with Crippen molar-refractivity contribution in [2.45, 2.75) is 39.0 Å². The molecule has 3 aliphatic rings. The van der Waals surface area contributed by atoms with E-state index in [0.29, 0.717) is 35.4 Å². The fraction of sp³-hybridized carbons (Fsp3) is 0.296. The number of Topliss-reactive ketones (excluding diaryl/α,β-unsaturated/α-hetero) is 1. The Morgan fingerprint density at radius 2 is 1.70 bits per heavy atom. The SMILES string of the molecule is Cc1ccc(N2C(N)=C(C#N)C3(C(=O)N(C)c4ccccc43)C3=C2CC(C)(C)CC3=O)cc1. The van der Waals surface area contributed by atoms with Gasteiger partial charge in [0.15, 0.2) is 5.78 Å². The Balaban J connectivity index is 1.91. The lowest BCUT2D eigenvalue weighted by atomic mass is 9.60. The number of hydrogen-bond acceptors (Lipinski definition) is 5. The van der Waals surface area contributed by atoms with Gasteiger partial charge in [-0.3, -0.25) is 14.5 Å². The van der Waals surface area contributed by atoms with Crippen molar-refractivity contribution in [2.24, 2.45) is 11.1 Å². The maximum atomic E-state index is 14.0. The highest BCUT2D eigenvalue weighted by atomic mass is 16.2. The fourth-order valence-corrected chi connectivity index (χ4v) is 5.65. The summed E-state index contributed by atoms with van der Waals surface area (Å²) in [6, 6.07) is 17.4. The Morgan fingerprint density at radius 3 is 2.36 bits per heavy atom. The molecule has 2 N–H and O–H groups in total. The zero-order valence-electron chi connectivity index (χ0n) is 19.3. The number of amides is 1. The maximum absolute atomic E-state index is 14.0. The Kier molecular flexibility index (Phi) is 4.35. The van der Waals surface area contributed by atoms with Crippen LogP contribution in [0.3, 0.4) is 0 Å². The van der Waals surface area contributed by atoms with Crippen LogP contribution < -0.4 is 15.5 Å². The molecule has 1 aliphatic carbocycles. The fourth-order valence-electron chi connectivity index (χ4n) is 5.65. The van der Waals surface area contributed by atoms with Crippen LogP contribution in [-0.2, 0) is 15.0 Å². The van der Waals surface area contributed by atoms with Crippen LogP contribution in [0.4, 0.5) is 11.4 Å². The van der Waals surface area contributed by atoms with Crippen molar-refractivity contribution in [3.05, 3.63) is 82.3 Å². The van der Waals surface area contributed by atoms with E-state index in [1.54, 1.807) is 11.9 Å². The first kappa shape index (κ1) is 21.0. The number of hydrogen-bond donors (Lipinski definition) is 1. The number of para-hydroxylation sites is 1. The lowest BCUT2D eigenvalue weighted by Gasteiger charge is -2.46. The lowest BCUT2D eigenvalue weighted by molar-refractivity contribution is -0.124. The van der Waals surface area contributed by atoms with Gasteiger partial charge in [0, 0.05) is 41.7 Å². The quantitative estimate of drug-likeness (QED) is 0.725. The van der Waals surface area contributed by atoms with Crippen LogP contribution in [-0.4, -0.2) is 18.7 Å². The van der Waals surface area contributed by atoms with E-state index in [0.717, 1.165) is 11.3 Å². The highest BCUT2D eigenvalue weighted by Crippen LogP contribution is 2.58. The molecule has 2 aliphatic heterocycles. The summed E-state index contributed by atoms with van der Waals surface area (Å²) in [5.74, 6) is -0.228. The van der Waals surface area contributed by atoms with Crippen LogP contribution in [0.5, 0.6) is 0 Å². The minimum atomic E-state index is -1.52. The number of carbonyl (C=O) groups is 2. The number of carbonyl (C=O) groups excluding carboxylic acids is 2. The summed E-state index contributed by atoms with van der Waals surface area (Å²) in [6.07, 6.45) is 0.857. The molecule has 0 saturated heterocycles. The van der Waals surface area contributed by atoms with Crippen molar-refractivity contribution >= 4 is 23.1 Å². The molecule has 0 saturated carbocycles. The lowest BCUT2D eigenvalue weighted by Crippen LogP contribution is -2.53. The monoisotopic (exact) mass is 438 g/mol. The molecule has 1 atom stereocenters. The third kappa shape index (κ3) is 2.65. The molecule has 5 rings (SSSR count). The summed E-state index contributed by atoms with van der Waals surface area (Å²) in [4.78, 5) is 31.2. The Morgan fingerprint density at radius 1 is 1.03 bits per heavy atom. The summed E-state index contributed by atoms with van der Waals surface area (Å²) in [6.45, 7) is 6.09. The molecule has 0 aromatic heterocycles. The number of rotatable bonds is 1. The van der Waals surface area contributed by atoms with E-state index in [1.807, 2.05) is 74.2 Å². The van der Waals surface area contributed by atoms with Gasteiger partial charge in [0.1, 0.15) is 17.3 Å². The van der Waals surface area contributed by atoms with Gasteiger partial charge in [0.2, 0.25) is 5.91 Å². The van der Waals surface area contributed by atoms with Gasteiger partial charge in [-0.25, -0.2) is 0 Å². The zero-order chi connectivity index (χ0) is 23.7. The van der Waals surface area contributed by atoms with Gasteiger partial charge in [-0.05, 0) is 37.0 Å². The van der Waals surface area contributed by atoms with Gasteiger partial charge in [-0.1, -0.05) is 49.7 Å². The molecule has 0 fully saturated rings. The number of nitriles is 1. The number of nitrogens with two attached hydrogens (primary N) is 1. The minimum Gasteiger partial charge on any atom is -0.384 e. The van der Waals surface area contributed by atoms with Crippen LogP contribution in [0, 0.1) is 23.7 Å². The van der Waals surface area contributed by atoms with Crippen LogP contribution in [0.25, 0.3) is 0 Å². The summed E-state index contributed by atoms with van der Waals surface area (Å²) in [7, 11) is 1.69. The first-order valence-corrected chi connectivity index (χ1v) is 11.0. The highest BCUT2D eigenvalue weighted by molar-refractivity contribution is 6.20. The first-order chi connectivity index (χ1) is 15.6. The Hall–Kier alpha value is -3.85. The number of ketones is 1. The van der Waals surface area contributed by atoms with E-state index in [1.165, 1.54) is 0 Å². The molecule has 1 spiro atoms. The maximum Gasteiger partial charge on any atom is 0.247 e. The van der Waals surface area contributed by atoms with Crippen LogP contribution >= 0.6 is 0 Å². The first-order valence-electron chi connectivity index (χ1n) is 11.0. The number of allylic oxidation sites excluding steroid dienone is 1. The highest BCUT2D eigenvalue weighted by Gasteiger charge is 2.62. The molecular weight excluding hydrogens is 412 g/mol. The zero-order valence-corrected chi connectivity index (χ0v) is 19.3. The normalized spacial score (nSPS) is 23.7. The third-order valence-corrected chi connectivity index (χ3v) is 7.07. The molecule has 1 amide bonds. The van der Waals surface area contributed by atoms with Crippen molar-refractivity contribution in [3.8, 4) is 6.07 Å². The molecule has 6 nitrogen and oxygen atoms in total. The van der Waals surface area contributed by atoms with Gasteiger partial charge in [0.05, 0.1) is 5.57 Å². The summed E-state index contributed by atoms with van der Waals surface area (Å²) in [5, 5.41) is 10.4. The molecule has 6 heteroatoms. The second-order valence-corrected chi connectivity index (χ2v) is 9.94. The molecule has 2 aromatic carbocycles. The number of likely N-dealkylation sites (N-methyl/N-ethyl adjacent to an activating group) is 1. The molecule has 0 radical (unpaired) electrons. The number of anilines is 2. The number of aryl methyl sites for hydroxylation is 1. The van der Waals surface area contributed by atoms with Gasteiger partial charge < -0.3 is 10.6 Å². The van der Waals surface area contributed by atoms with Crippen LogP contribution in [0.1, 0.15) is 37.8 Å².